The van der Waals surface area contributed by atoms with Crippen LogP contribution in [0.15, 0.2) is 22.4 Å². The van der Waals surface area contributed by atoms with Crippen molar-refractivity contribution in [2.45, 2.75) is 0 Å². The van der Waals surface area contributed by atoms with E-state index in [4.69, 9.17) is 9.47 Å². The van der Waals surface area contributed by atoms with Gasteiger partial charge in [0.05, 0.1) is 5.88 Å². The zero-order chi connectivity index (χ0) is 15.5. The quantitative estimate of drug-likeness (QED) is 0.505. The Bertz CT molecular complexity index is 706. The lowest BCUT2D eigenvalue weighted by Crippen LogP contribution is -2.14. The van der Waals surface area contributed by atoms with Crippen molar-refractivity contribution in [2.75, 3.05) is 31.0 Å². The van der Waals surface area contributed by atoms with Crippen LogP contribution in [-0.4, -0.2) is 41.4 Å². The van der Waals surface area contributed by atoms with E-state index in [0.29, 0.717) is 40.9 Å². The van der Waals surface area contributed by atoms with E-state index in [0.717, 1.165) is 0 Å². The summed E-state index contributed by atoms with van der Waals surface area (Å²) in [5.41, 5.74) is 0.281. The first kappa shape index (κ1) is 14.9. The molecular formula is C12H13N5O3S2. The molecule has 0 saturated heterocycles. The van der Waals surface area contributed by atoms with Crippen LogP contribution in [0.25, 0.3) is 0 Å². The molecule has 0 aliphatic carbocycles. The Hall–Kier alpha value is -2.07. The van der Waals surface area contributed by atoms with Gasteiger partial charge in [-0.2, -0.15) is 12.6 Å². The predicted octanol–water partition coefficient (Wildman–Crippen LogP) is 2.75. The summed E-state index contributed by atoms with van der Waals surface area (Å²) in [6.07, 6.45) is 0. The van der Waals surface area contributed by atoms with Crippen molar-refractivity contribution in [1.29, 1.82) is 0 Å². The lowest BCUT2D eigenvalue weighted by Gasteiger charge is -2.18. The Morgan fingerprint density at radius 1 is 1.27 bits per heavy atom. The molecule has 0 unspecified atom stereocenters. The van der Waals surface area contributed by atoms with Gasteiger partial charge in [0.15, 0.2) is 11.5 Å². The van der Waals surface area contributed by atoms with Crippen molar-refractivity contribution < 1.29 is 14.6 Å². The van der Waals surface area contributed by atoms with Gasteiger partial charge in [0.1, 0.15) is 24.7 Å². The van der Waals surface area contributed by atoms with Crippen LogP contribution in [0.3, 0.4) is 0 Å². The van der Waals surface area contributed by atoms with Gasteiger partial charge < -0.3 is 19.5 Å². The van der Waals surface area contributed by atoms with Crippen LogP contribution >= 0.6 is 24.0 Å². The van der Waals surface area contributed by atoms with Gasteiger partial charge in [0.25, 0.3) is 5.13 Å². The number of nitrogens with zero attached hydrogens (tertiary/aromatic N) is 5. The molecule has 1 aliphatic heterocycles. The second-order valence-corrected chi connectivity index (χ2v) is 5.61. The molecule has 2 heterocycles. The summed E-state index contributed by atoms with van der Waals surface area (Å²) in [6, 6.07) is 3.04. The fourth-order valence-electron chi connectivity index (χ4n) is 1.71. The molecule has 3 rings (SSSR count). The van der Waals surface area contributed by atoms with Crippen molar-refractivity contribution in [2.24, 2.45) is 10.2 Å². The molecule has 0 spiro atoms. The Balaban J connectivity index is 1.81. The van der Waals surface area contributed by atoms with Crippen LogP contribution in [0, 0.1) is 0 Å². The highest BCUT2D eigenvalue weighted by atomic mass is 32.1. The third kappa shape index (κ3) is 3.07. The summed E-state index contributed by atoms with van der Waals surface area (Å²) in [5, 5.41) is 26.9. The third-order valence-corrected chi connectivity index (χ3v) is 4.17. The molecule has 10 heteroatoms. The highest BCUT2D eigenvalue weighted by molar-refractivity contribution is 7.80. The lowest BCUT2D eigenvalue weighted by atomic mass is 10.2. The van der Waals surface area contributed by atoms with Crippen molar-refractivity contribution in [1.82, 2.24) is 10.2 Å². The van der Waals surface area contributed by atoms with Crippen LogP contribution in [0.2, 0.25) is 0 Å². The van der Waals surface area contributed by atoms with Crippen molar-refractivity contribution in [3.05, 3.63) is 12.1 Å². The van der Waals surface area contributed by atoms with E-state index in [1.54, 1.807) is 6.07 Å². The fourth-order valence-corrected chi connectivity index (χ4v) is 2.57. The third-order valence-electron chi connectivity index (χ3n) is 2.82. The van der Waals surface area contributed by atoms with E-state index in [1.807, 2.05) is 11.9 Å². The summed E-state index contributed by atoms with van der Waals surface area (Å²) in [7, 11) is 1.85. The highest BCUT2D eigenvalue weighted by Gasteiger charge is 2.15. The zero-order valence-electron chi connectivity index (χ0n) is 11.6. The number of hydrogen-bond acceptors (Lipinski definition) is 10. The van der Waals surface area contributed by atoms with Crippen LogP contribution in [-0.2, 0) is 0 Å². The van der Waals surface area contributed by atoms with E-state index >= 15 is 0 Å². The molecule has 1 aromatic carbocycles. The summed E-state index contributed by atoms with van der Waals surface area (Å²) < 4.78 is 10.8. The van der Waals surface area contributed by atoms with Gasteiger partial charge in [0.2, 0.25) is 5.13 Å². The Morgan fingerprint density at radius 2 is 2.00 bits per heavy atom. The minimum absolute atomic E-state index is 0.0368. The Kier molecular flexibility index (Phi) is 4.29. The van der Waals surface area contributed by atoms with Crippen LogP contribution in [0.5, 0.6) is 17.2 Å². The molecule has 1 aromatic heterocycles. The number of benzene rings is 1. The summed E-state index contributed by atoms with van der Waals surface area (Å²) in [5.74, 6) is 1.52. The number of aromatic hydroxyl groups is 1. The first-order valence-corrected chi connectivity index (χ1v) is 7.82. The number of thiol groups is 1. The van der Waals surface area contributed by atoms with Gasteiger partial charge in [-0.1, -0.05) is 11.3 Å². The minimum atomic E-state index is -0.0368. The maximum atomic E-state index is 9.94. The van der Waals surface area contributed by atoms with Gasteiger partial charge in [0, 0.05) is 19.2 Å². The monoisotopic (exact) mass is 339 g/mol. The number of fused-ring (bicyclic) bond motifs is 1. The smallest absolute Gasteiger partial charge is 0.253 e. The van der Waals surface area contributed by atoms with Gasteiger partial charge >= 0.3 is 0 Å². The summed E-state index contributed by atoms with van der Waals surface area (Å²) in [6.45, 7) is 0.920. The number of phenols is 1. The minimum Gasteiger partial charge on any atom is -0.505 e. The van der Waals surface area contributed by atoms with Gasteiger partial charge in [-0.05, 0) is 0 Å². The van der Waals surface area contributed by atoms with Crippen LogP contribution in [0.4, 0.5) is 16.0 Å². The molecule has 0 radical (unpaired) electrons. The molecule has 8 nitrogen and oxygen atoms in total. The van der Waals surface area contributed by atoms with Crippen molar-refractivity contribution in [3.63, 3.8) is 0 Å². The molecule has 22 heavy (non-hydrogen) atoms. The first-order chi connectivity index (χ1) is 10.7. The number of rotatable bonds is 4. The number of aromatic nitrogens is 2. The first-order valence-electron chi connectivity index (χ1n) is 6.37. The number of anilines is 1. The maximum absolute atomic E-state index is 9.94. The lowest BCUT2D eigenvalue weighted by molar-refractivity contribution is 0.171. The molecular weight excluding hydrogens is 326 g/mol. The van der Waals surface area contributed by atoms with Crippen molar-refractivity contribution in [3.8, 4) is 17.2 Å². The number of phenolic OH excluding ortho intramolecular Hbond substituents is 1. The van der Waals surface area contributed by atoms with E-state index in [1.165, 1.54) is 17.4 Å². The molecule has 0 amide bonds. The van der Waals surface area contributed by atoms with Crippen molar-refractivity contribution >= 4 is 39.9 Å². The van der Waals surface area contributed by atoms with Gasteiger partial charge in [-0.3, -0.25) is 0 Å². The Morgan fingerprint density at radius 3 is 2.73 bits per heavy atom. The molecule has 1 N–H and O–H groups in total. The van der Waals surface area contributed by atoms with Gasteiger partial charge in [-0.25, -0.2) is 0 Å². The molecule has 2 aromatic rings. The summed E-state index contributed by atoms with van der Waals surface area (Å²) in [4.78, 5) is 1.82. The zero-order valence-corrected chi connectivity index (χ0v) is 13.3. The average molecular weight is 339 g/mol. The topological polar surface area (TPSA) is 92.4 Å². The van der Waals surface area contributed by atoms with E-state index < -0.39 is 0 Å². The van der Waals surface area contributed by atoms with Crippen LogP contribution < -0.4 is 14.4 Å². The number of hydrogen-bond donors (Lipinski definition) is 2. The number of ether oxygens (including phenoxy) is 2. The highest BCUT2D eigenvalue weighted by Crippen LogP contribution is 2.41. The molecule has 0 saturated carbocycles. The fraction of sp³-hybridized carbons (Fsp3) is 0.333. The summed E-state index contributed by atoms with van der Waals surface area (Å²) >= 11 is 5.43. The molecule has 0 fully saturated rings. The number of azo groups is 1. The van der Waals surface area contributed by atoms with E-state index in [2.05, 4.69) is 33.1 Å². The SMILES string of the molecule is CN(CS)c1nnc(/N=N/c2cc3c(cc2O)OCCO3)s1. The molecule has 0 bridgehead atoms. The molecule has 116 valence electrons. The second kappa shape index (κ2) is 6.36. The Labute approximate surface area is 135 Å². The predicted molar refractivity (Wildman–Crippen MR) is 85.4 cm³/mol. The van der Waals surface area contributed by atoms with E-state index in [9.17, 15) is 5.11 Å². The molecule has 0 atom stereocenters. The van der Waals surface area contributed by atoms with Crippen LogP contribution in [0.1, 0.15) is 0 Å². The average Bonchev–Trinajstić information content (AvgIpc) is 3.01. The largest absolute Gasteiger partial charge is 0.505 e. The normalized spacial score (nSPS) is 13.5. The van der Waals surface area contributed by atoms with E-state index in [-0.39, 0.29) is 11.4 Å². The second-order valence-electron chi connectivity index (χ2n) is 4.39. The molecule has 1 aliphatic rings. The standard InChI is InChI=1S/C12H13N5O3S2/c1-17(6-21)12-16-15-11(22-12)14-13-7-4-9-10(5-8(7)18)20-3-2-19-9/h4-5,18,21H,2-3,6H2,1H3/b14-13+. The van der Waals surface area contributed by atoms with Gasteiger partial charge in [-0.15, -0.1) is 20.4 Å². The maximum Gasteiger partial charge on any atom is 0.253 e.